The average molecular weight is 349 g/mol. The number of nitrogens with zero attached hydrogens (tertiary/aromatic N) is 1. The molecular formula is C20H19N3O3. The van der Waals surface area contributed by atoms with Gasteiger partial charge in [-0.25, -0.2) is 4.79 Å². The van der Waals surface area contributed by atoms with Crippen molar-refractivity contribution in [1.29, 1.82) is 0 Å². The molecule has 6 heteroatoms. The average Bonchev–Trinajstić information content (AvgIpc) is 3.07. The molecular weight excluding hydrogens is 330 g/mol. The van der Waals surface area contributed by atoms with Crippen LogP contribution in [0.3, 0.4) is 0 Å². The molecule has 0 atom stereocenters. The molecule has 2 heterocycles. The quantitative estimate of drug-likeness (QED) is 0.749. The van der Waals surface area contributed by atoms with Crippen molar-refractivity contribution in [2.24, 2.45) is 0 Å². The Hall–Kier alpha value is -3.15. The van der Waals surface area contributed by atoms with Crippen LogP contribution in [0, 0.1) is 6.92 Å². The number of aromatic amines is 1. The first-order chi connectivity index (χ1) is 12.6. The van der Waals surface area contributed by atoms with E-state index in [0.29, 0.717) is 22.9 Å². The molecule has 1 aromatic carbocycles. The lowest BCUT2D eigenvalue weighted by Crippen LogP contribution is -2.24. The first-order valence-electron chi connectivity index (χ1n) is 8.67. The molecule has 1 amide bonds. The molecule has 0 unspecified atom stereocenters. The monoisotopic (exact) mass is 349 g/mol. The molecule has 0 spiro atoms. The number of benzene rings is 1. The summed E-state index contributed by atoms with van der Waals surface area (Å²) in [6.07, 6.45) is 4.91. The Morgan fingerprint density at radius 1 is 1.23 bits per heavy atom. The number of carbonyl (C=O) groups is 1. The van der Waals surface area contributed by atoms with Gasteiger partial charge >= 0.3 is 5.63 Å². The predicted molar refractivity (Wildman–Crippen MR) is 98.3 cm³/mol. The fourth-order valence-corrected chi connectivity index (χ4v) is 3.14. The zero-order chi connectivity index (χ0) is 18.1. The van der Waals surface area contributed by atoms with Crippen LogP contribution in [0.1, 0.15) is 46.9 Å². The Bertz CT molecular complexity index is 984. The lowest BCUT2D eigenvalue weighted by atomic mass is 9.83. The summed E-state index contributed by atoms with van der Waals surface area (Å²) in [6, 6.07) is 11.0. The van der Waals surface area contributed by atoms with Crippen LogP contribution in [0.15, 0.2) is 51.8 Å². The predicted octanol–water partition coefficient (Wildman–Crippen LogP) is 3.86. The SMILES string of the molecule is Cc1cc(C2CCC2)oc(=O)c1C(=O)Nc1ccc(-c2ccn[nH]2)cc1. The minimum absolute atomic E-state index is 0.0608. The molecule has 26 heavy (non-hydrogen) atoms. The molecule has 4 rings (SSSR count). The van der Waals surface area contributed by atoms with Crippen LogP contribution in [0.5, 0.6) is 0 Å². The number of rotatable bonds is 4. The molecule has 0 saturated heterocycles. The number of amides is 1. The Kier molecular flexibility index (Phi) is 4.16. The Balaban J connectivity index is 1.54. The van der Waals surface area contributed by atoms with Crippen molar-refractivity contribution in [2.45, 2.75) is 32.1 Å². The van der Waals surface area contributed by atoms with Gasteiger partial charge in [0.15, 0.2) is 0 Å². The number of carbonyl (C=O) groups excluding carboxylic acids is 1. The molecule has 6 nitrogen and oxygen atoms in total. The second kappa shape index (κ2) is 6.63. The molecule has 0 radical (unpaired) electrons. The second-order valence-electron chi connectivity index (χ2n) is 6.62. The second-order valence-corrected chi connectivity index (χ2v) is 6.62. The number of hydrogen-bond acceptors (Lipinski definition) is 4. The van der Waals surface area contributed by atoms with Crippen LogP contribution in [0.2, 0.25) is 0 Å². The van der Waals surface area contributed by atoms with Crippen LogP contribution >= 0.6 is 0 Å². The van der Waals surface area contributed by atoms with Gasteiger partial charge in [0, 0.05) is 17.8 Å². The third kappa shape index (κ3) is 3.06. The Morgan fingerprint density at radius 2 is 2.00 bits per heavy atom. The van der Waals surface area contributed by atoms with E-state index >= 15 is 0 Å². The maximum atomic E-state index is 12.5. The van der Waals surface area contributed by atoms with Crippen molar-refractivity contribution in [3.05, 3.63) is 69.9 Å². The maximum absolute atomic E-state index is 12.5. The number of hydrogen-bond donors (Lipinski definition) is 2. The molecule has 1 aliphatic carbocycles. The number of nitrogens with one attached hydrogen (secondary N) is 2. The van der Waals surface area contributed by atoms with Crippen molar-refractivity contribution in [3.8, 4) is 11.3 Å². The van der Waals surface area contributed by atoms with Crippen molar-refractivity contribution < 1.29 is 9.21 Å². The summed E-state index contributed by atoms with van der Waals surface area (Å²) in [5, 5.41) is 9.57. The number of aryl methyl sites for hydroxylation is 1. The minimum atomic E-state index is -0.571. The highest BCUT2D eigenvalue weighted by molar-refractivity contribution is 6.05. The van der Waals surface area contributed by atoms with E-state index in [9.17, 15) is 9.59 Å². The molecule has 1 aliphatic rings. The van der Waals surface area contributed by atoms with Gasteiger partial charge in [-0.2, -0.15) is 5.10 Å². The van der Waals surface area contributed by atoms with Crippen molar-refractivity contribution >= 4 is 11.6 Å². The number of anilines is 1. The Labute approximate surface area is 150 Å². The molecule has 1 saturated carbocycles. The largest absolute Gasteiger partial charge is 0.427 e. The third-order valence-corrected chi connectivity index (χ3v) is 4.86. The van der Waals surface area contributed by atoms with Gasteiger partial charge in [-0.15, -0.1) is 0 Å². The topological polar surface area (TPSA) is 88.0 Å². The van der Waals surface area contributed by atoms with Crippen molar-refractivity contribution in [3.63, 3.8) is 0 Å². The smallest absolute Gasteiger partial charge is 0.349 e. The van der Waals surface area contributed by atoms with Gasteiger partial charge in [0.05, 0.1) is 5.69 Å². The highest BCUT2D eigenvalue weighted by Crippen LogP contribution is 2.36. The zero-order valence-electron chi connectivity index (χ0n) is 14.4. The van der Waals surface area contributed by atoms with E-state index < -0.39 is 11.5 Å². The van der Waals surface area contributed by atoms with Crippen LogP contribution in [0.25, 0.3) is 11.3 Å². The van der Waals surface area contributed by atoms with E-state index in [1.54, 1.807) is 25.3 Å². The number of aromatic nitrogens is 2. The van der Waals surface area contributed by atoms with Gasteiger partial charge in [0.1, 0.15) is 11.3 Å². The molecule has 132 valence electrons. The van der Waals surface area contributed by atoms with Crippen molar-refractivity contribution in [1.82, 2.24) is 10.2 Å². The molecule has 3 aromatic rings. The summed E-state index contributed by atoms with van der Waals surface area (Å²) in [5.74, 6) is 0.554. The normalized spacial score (nSPS) is 14.0. The summed E-state index contributed by atoms with van der Waals surface area (Å²) in [7, 11) is 0. The van der Waals surface area contributed by atoms with E-state index in [0.717, 1.165) is 30.5 Å². The summed E-state index contributed by atoms with van der Waals surface area (Å²) in [4.78, 5) is 24.9. The maximum Gasteiger partial charge on any atom is 0.349 e. The summed E-state index contributed by atoms with van der Waals surface area (Å²) in [5.41, 5.74) is 2.60. The number of H-pyrrole nitrogens is 1. The third-order valence-electron chi connectivity index (χ3n) is 4.86. The molecule has 0 bridgehead atoms. The van der Waals surface area contributed by atoms with Gasteiger partial charge in [0.25, 0.3) is 5.91 Å². The standard InChI is InChI=1S/C20H19N3O3/c1-12-11-17(14-3-2-4-14)26-20(25)18(12)19(24)22-15-7-5-13(6-8-15)16-9-10-21-23-16/h5-11,14H,2-4H2,1H3,(H,21,23)(H,22,24). The summed E-state index contributed by atoms with van der Waals surface area (Å²) in [6.45, 7) is 1.77. The minimum Gasteiger partial charge on any atom is -0.427 e. The van der Waals surface area contributed by atoms with E-state index in [-0.39, 0.29) is 5.56 Å². The van der Waals surface area contributed by atoms with Crippen LogP contribution in [-0.4, -0.2) is 16.1 Å². The van der Waals surface area contributed by atoms with Crippen LogP contribution < -0.4 is 10.9 Å². The first-order valence-corrected chi connectivity index (χ1v) is 8.67. The van der Waals surface area contributed by atoms with Crippen molar-refractivity contribution in [2.75, 3.05) is 5.32 Å². The summed E-state index contributed by atoms with van der Waals surface area (Å²) < 4.78 is 5.39. The van der Waals surface area contributed by atoms with Gasteiger partial charge < -0.3 is 9.73 Å². The fourth-order valence-electron chi connectivity index (χ4n) is 3.14. The van der Waals surface area contributed by atoms with Gasteiger partial charge in [-0.05, 0) is 55.2 Å². The molecule has 2 aromatic heterocycles. The van der Waals surface area contributed by atoms with E-state index in [2.05, 4.69) is 15.5 Å². The highest BCUT2D eigenvalue weighted by atomic mass is 16.4. The van der Waals surface area contributed by atoms with E-state index in [1.165, 1.54) is 0 Å². The summed E-state index contributed by atoms with van der Waals surface area (Å²) >= 11 is 0. The lowest BCUT2D eigenvalue weighted by Gasteiger charge is -2.24. The van der Waals surface area contributed by atoms with Gasteiger partial charge in [-0.3, -0.25) is 9.89 Å². The molecule has 1 fully saturated rings. The Morgan fingerprint density at radius 3 is 2.58 bits per heavy atom. The molecule has 2 N–H and O–H groups in total. The first kappa shape index (κ1) is 16.3. The highest BCUT2D eigenvalue weighted by Gasteiger charge is 2.25. The van der Waals surface area contributed by atoms with Gasteiger partial charge in [-0.1, -0.05) is 18.6 Å². The van der Waals surface area contributed by atoms with E-state index in [4.69, 9.17) is 4.42 Å². The fraction of sp³-hybridized carbons (Fsp3) is 0.250. The van der Waals surface area contributed by atoms with E-state index in [1.807, 2.05) is 24.3 Å². The zero-order valence-corrected chi connectivity index (χ0v) is 14.4. The molecule has 0 aliphatic heterocycles. The van der Waals surface area contributed by atoms with Gasteiger partial charge in [0.2, 0.25) is 0 Å². The lowest BCUT2D eigenvalue weighted by molar-refractivity contribution is 0.102. The van der Waals surface area contributed by atoms with Crippen LogP contribution in [0.4, 0.5) is 5.69 Å². The van der Waals surface area contributed by atoms with Crippen LogP contribution in [-0.2, 0) is 0 Å².